The number of rotatable bonds is 6. The van der Waals surface area contributed by atoms with Crippen LogP contribution < -0.4 is 0 Å². The number of aromatic hydroxyl groups is 1. The molecule has 0 spiro atoms. The van der Waals surface area contributed by atoms with Crippen molar-refractivity contribution >= 4 is 11.5 Å². The standard InChI is InChI=1S/C22H26O3/c1-5-18(13-21(24)25)22-15(3)10-17(11-16(22)4)6-7-19-8-9-20(23)12-14(19)2/h5,8-12,23H,6-7,13H2,1-4H3,(H,24,25)/b18-5-. The molecule has 3 nitrogen and oxygen atoms in total. The number of allylic oxidation sites excluding steroid dienone is 1. The van der Waals surface area contributed by atoms with E-state index in [4.69, 9.17) is 5.11 Å². The smallest absolute Gasteiger partial charge is 0.307 e. The second kappa shape index (κ2) is 8.02. The lowest BCUT2D eigenvalue weighted by atomic mass is 9.90. The zero-order valence-electron chi connectivity index (χ0n) is 15.4. The number of phenols is 1. The molecule has 25 heavy (non-hydrogen) atoms. The van der Waals surface area contributed by atoms with E-state index < -0.39 is 5.97 Å². The normalized spacial score (nSPS) is 11.6. The topological polar surface area (TPSA) is 57.5 Å². The molecule has 0 saturated heterocycles. The number of phenolic OH excluding ortho intramolecular Hbond substituents is 1. The Morgan fingerprint density at radius 2 is 1.64 bits per heavy atom. The fourth-order valence-electron chi connectivity index (χ4n) is 3.44. The highest BCUT2D eigenvalue weighted by molar-refractivity contribution is 5.85. The van der Waals surface area contributed by atoms with Gasteiger partial charge in [-0.1, -0.05) is 24.3 Å². The van der Waals surface area contributed by atoms with E-state index in [1.807, 2.05) is 39.8 Å². The van der Waals surface area contributed by atoms with E-state index in [0.717, 1.165) is 40.7 Å². The maximum absolute atomic E-state index is 11.1. The van der Waals surface area contributed by atoms with Crippen molar-refractivity contribution in [3.05, 3.63) is 69.8 Å². The second-order valence-electron chi connectivity index (χ2n) is 6.60. The third kappa shape index (κ3) is 4.72. The summed E-state index contributed by atoms with van der Waals surface area (Å²) < 4.78 is 0. The summed E-state index contributed by atoms with van der Waals surface area (Å²) in [6.07, 6.45) is 3.76. The number of carboxylic acids is 1. The van der Waals surface area contributed by atoms with Crippen molar-refractivity contribution in [2.75, 3.05) is 0 Å². The van der Waals surface area contributed by atoms with Gasteiger partial charge in [-0.2, -0.15) is 0 Å². The molecular formula is C22H26O3. The van der Waals surface area contributed by atoms with Crippen molar-refractivity contribution in [3.63, 3.8) is 0 Å². The fourth-order valence-corrected chi connectivity index (χ4v) is 3.44. The van der Waals surface area contributed by atoms with Crippen molar-refractivity contribution in [1.82, 2.24) is 0 Å². The lowest BCUT2D eigenvalue weighted by Crippen LogP contribution is -2.02. The Morgan fingerprint density at radius 1 is 1.00 bits per heavy atom. The van der Waals surface area contributed by atoms with Crippen LogP contribution in [0.25, 0.3) is 5.57 Å². The molecule has 0 saturated carbocycles. The first kappa shape index (κ1) is 18.8. The highest BCUT2D eigenvalue weighted by Gasteiger charge is 2.13. The number of hydrogen-bond donors (Lipinski definition) is 2. The van der Waals surface area contributed by atoms with Gasteiger partial charge in [-0.25, -0.2) is 0 Å². The van der Waals surface area contributed by atoms with Gasteiger partial charge in [0.15, 0.2) is 0 Å². The zero-order valence-corrected chi connectivity index (χ0v) is 15.4. The molecule has 0 fully saturated rings. The van der Waals surface area contributed by atoms with Crippen LogP contribution in [0.2, 0.25) is 0 Å². The molecule has 0 aliphatic heterocycles. The third-order valence-corrected chi connectivity index (χ3v) is 4.61. The van der Waals surface area contributed by atoms with Crippen molar-refractivity contribution < 1.29 is 15.0 Å². The van der Waals surface area contributed by atoms with Gasteiger partial charge in [0.2, 0.25) is 0 Å². The largest absolute Gasteiger partial charge is 0.508 e. The Morgan fingerprint density at radius 3 is 2.16 bits per heavy atom. The van der Waals surface area contributed by atoms with E-state index in [1.165, 1.54) is 11.1 Å². The van der Waals surface area contributed by atoms with E-state index in [0.29, 0.717) is 5.75 Å². The summed E-state index contributed by atoms with van der Waals surface area (Å²) in [5.74, 6) is -0.506. The number of aliphatic carboxylic acids is 1. The molecule has 0 bridgehead atoms. The molecule has 132 valence electrons. The zero-order chi connectivity index (χ0) is 18.6. The van der Waals surface area contributed by atoms with Crippen LogP contribution in [0.5, 0.6) is 5.75 Å². The van der Waals surface area contributed by atoms with Crippen LogP contribution in [0.4, 0.5) is 0 Å². The maximum Gasteiger partial charge on any atom is 0.307 e. The monoisotopic (exact) mass is 338 g/mol. The summed E-state index contributed by atoms with van der Waals surface area (Å²) >= 11 is 0. The molecule has 0 aromatic heterocycles. The molecule has 2 rings (SSSR count). The molecule has 0 radical (unpaired) electrons. The number of carboxylic acid groups (broad SMARTS) is 1. The van der Waals surface area contributed by atoms with E-state index in [-0.39, 0.29) is 6.42 Å². The molecule has 0 heterocycles. The highest BCUT2D eigenvalue weighted by atomic mass is 16.4. The van der Waals surface area contributed by atoms with E-state index in [1.54, 1.807) is 12.1 Å². The van der Waals surface area contributed by atoms with Crippen molar-refractivity contribution in [2.45, 2.75) is 47.0 Å². The molecule has 2 aromatic rings. The Kier molecular flexibility index (Phi) is 6.02. The molecule has 0 unspecified atom stereocenters. The van der Waals surface area contributed by atoms with Gasteiger partial charge in [0.1, 0.15) is 5.75 Å². The second-order valence-corrected chi connectivity index (χ2v) is 6.60. The predicted molar refractivity (Wildman–Crippen MR) is 102 cm³/mol. The molecule has 2 aromatic carbocycles. The summed E-state index contributed by atoms with van der Waals surface area (Å²) in [4.78, 5) is 11.1. The van der Waals surface area contributed by atoms with Gasteiger partial charge in [-0.3, -0.25) is 4.79 Å². The Hall–Kier alpha value is -2.55. The summed E-state index contributed by atoms with van der Waals surface area (Å²) in [6.45, 7) is 7.99. The van der Waals surface area contributed by atoms with Crippen LogP contribution in [0, 0.1) is 20.8 Å². The minimum absolute atomic E-state index is 0.0459. The minimum atomic E-state index is -0.807. The van der Waals surface area contributed by atoms with Crippen LogP contribution in [0.15, 0.2) is 36.4 Å². The van der Waals surface area contributed by atoms with Gasteiger partial charge >= 0.3 is 5.97 Å². The van der Waals surface area contributed by atoms with Crippen molar-refractivity contribution in [2.24, 2.45) is 0 Å². The molecule has 0 atom stereocenters. The number of carbonyl (C=O) groups is 1. The van der Waals surface area contributed by atoms with Crippen LogP contribution >= 0.6 is 0 Å². The van der Waals surface area contributed by atoms with Crippen LogP contribution in [0.3, 0.4) is 0 Å². The first-order chi connectivity index (χ1) is 11.8. The Bertz CT molecular complexity index is 793. The van der Waals surface area contributed by atoms with Gasteiger partial charge in [-0.15, -0.1) is 0 Å². The quantitative estimate of drug-likeness (QED) is 0.781. The van der Waals surface area contributed by atoms with Gasteiger partial charge in [0.25, 0.3) is 0 Å². The number of benzene rings is 2. The molecule has 3 heteroatoms. The predicted octanol–water partition coefficient (Wildman–Crippen LogP) is 4.98. The summed E-state index contributed by atoms with van der Waals surface area (Å²) in [6, 6.07) is 9.81. The average molecular weight is 338 g/mol. The average Bonchev–Trinajstić information content (AvgIpc) is 2.52. The van der Waals surface area contributed by atoms with E-state index >= 15 is 0 Å². The van der Waals surface area contributed by atoms with Crippen molar-refractivity contribution in [3.8, 4) is 5.75 Å². The first-order valence-electron chi connectivity index (χ1n) is 8.57. The van der Waals surface area contributed by atoms with Crippen LogP contribution in [-0.4, -0.2) is 16.2 Å². The maximum atomic E-state index is 11.1. The lowest BCUT2D eigenvalue weighted by Gasteiger charge is -2.15. The van der Waals surface area contributed by atoms with Gasteiger partial charge < -0.3 is 10.2 Å². The summed E-state index contributed by atoms with van der Waals surface area (Å²) in [5.41, 5.74) is 7.73. The van der Waals surface area contributed by atoms with Crippen LogP contribution in [-0.2, 0) is 17.6 Å². The third-order valence-electron chi connectivity index (χ3n) is 4.61. The summed E-state index contributed by atoms with van der Waals surface area (Å²) in [7, 11) is 0. The molecule has 2 N–H and O–H groups in total. The van der Waals surface area contributed by atoms with Gasteiger partial charge in [0.05, 0.1) is 6.42 Å². The SMILES string of the molecule is C/C=C(/CC(=O)O)c1c(C)cc(CCc2ccc(O)cc2C)cc1C. The van der Waals surface area contributed by atoms with E-state index in [9.17, 15) is 9.90 Å². The van der Waals surface area contributed by atoms with E-state index in [2.05, 4.69) is 12.1 Å². The summed E-state index contributed by atoms with van der Waals surface area (Å²) in [5, 5.41) is 18.6. The highest BCUT2D eigenvalue weighted by Crippen LogP contribution is 2.28. The lowest BCUT2D eigenvalue weighted by molar-refractivity contribution is -0.135. The molecule has 0 aliphatic rings. The molecule has 0 amide bonds. The Balaban J connectivity index is 2.23. The van der Waals surface area contributed by atoms with Gasteiger partial charge in [0, 0.05) is 0 Å². The number of hydrogen-bond acceptors (Lipinski definition) is 2. The number of aryl methyl sites for hydroxylation is 5. The fraction of sp³-hybridized carbons (Fsp3) is 0.318. The first-order valence-corrected chi connectivity index (χ1v) is 8.57. The van der Waals surface area contributed by atoms with Crippen LogP contribution in [0.1, 0.15) is 46.7 Å². The van der Waals surface area contributed by atoms with Gasteiger partial charge in [-0.05, 0) is 91.6 Å². The molecular weight excluding hydrogens is 312 g/mol. The minimum Gasteiger partial charge on any atom is -0.508 e. The molecule has 0 aliphatic carbocycles. The Labute approximate surface area is 149 Å². The van der Waals surface area contributed by atoms with Crippen molar-refractivity contribution in [1.29, 1.82) is 0 Å².